The third kappa shape index (κ3) is 5.10. The Hall–Kier alpha value is -1.30. The molecule has 3 atom stereocenters. The molecule has 5 heteroatoms. The Balaban J connectivity index is 1.83. The number of β-amino-alcohol motifs (C(OH)–C–C–N with tert-alkyl or cyclic N) is 1. The van der Waals surface area contributed by atoms with E-state index in [1.54, 1.807) is 14.2 Å². The summed E-state index contributed by atoms with van der Waals surface area (Å²) >= 11 is 0. The number of hydrogen-bond donors (Lipinski definition) is 1. The number of aliphatic hydroxyl groups is 1. The molecule has 1 heterocycles. The second kappa shape index (κ2) is 9.25. The number of aliphatic hydroxyl groups excluding tert-OH is 1. The molecular formula is C19H31NO4. The molecule has 1 fully saturated rings. The quantitative estimate of drug-likeness (QED) is 0.790. The fraction of sp³-hybridized carbons (Fsp3) is 0.684. The lowest BCUT2D eigenvalue weighted by Gasteiger charge is -2.40. The molecule has 0 radical (unpaired) electrons. The van der Waals surface area contributed by atoms with Crippen molar-refractivity contribution >= 4 is 0 Å². The summed E-state index contributed by atoms with van der Waals surface area (Å²) in [6, 6.07) is 6.69. The van der Waals surface area contributed by atoms with Crippen LogP contribution in [-0.4, -0.2) is 55.6 Å². The minimum Gasteiger partial charge on any atom is -0.497 e. The van der Waals surface area contributed by atoms with Crippen molar-refractivity contribution in [2.45, 2.75) is 57.9 Å². The van der Waals surface area contributed by atoms with E-state index < -0.39 is 6.10 Å². The van der Waals surface area contributed by atoms with Crippen molar-refractivity contribution in [3.8, 4) is 11.5 Å². The Labute approximate surface area is 145 Å². The zero-order valence-electron chi connectivity index (χ0n) is 15.3. The molecule has 0 amide bonds. The van der Waals surface area contributed by atoms with E-state index in [-0.39, 0.29) is 0 Å². The van der Waals surface area contributed by atoms with Gasteiger partial charge in [-0.3, -0.25) is 4.90 Å². The van der Waals surface area contributed by atoms with Gasteiger partial charge >= 0.3 is 0 Å². The molecule has 0 saturated carbocycles. The molecule has 0 aliphatic carbocycles. The molecule has 24 heavy (non-hydrogen) atoms. The van der Waals surface area contributed by atoms with Crippen LogP contribution in [0.25, 0.3) is 0 Å². The SMILES string of the molecule is COc1ccc(OC)c(COCC(O)CN2C(C)CCCC2C)c1. The molecule has 1 aromatic carbocycles. The zero-order chi connectivity index (χ0) is 17.5. The Kier molecular flexibility index (Phi) is 7.34. The minimum atomic E-state index is -0.482. The van der Waals surface area contributed by atoms with Crippen molar-refractivity contribution < 1.29 is 19.3 Å². The second-order valence-corrected chi connectivity index (χ2v) is 6.67. The van der Waals surface area contributed by atoms with E-state index in [1.807, 2.05) is 18.2 Å². The van der Waals surface area contributed by atoms with Gasteiger partial charge in [0.1, 0.15) is 11.5 Å². The average Bonchev–Trinajstić information content (AvgIpc) is 2.58. The number of ether oxygens (including phenoxy) is 3. The van der Waals surface area contributed by atoms with E-state index in [9.17, 15) is 5.11 Å². The molecule has 3 unspecified atom stereocenters. The number of benzene rings is 1. The first kappa shape index (κ1) is 19.0. The van der Waals surface area contributed by atoms with Gasteiger partial charge in [-0.1, -0.05) is 6.42 Å². The maximum Gasteiger partial charge on any atom is 0.124 e. The Morgan fingerprint density at radius 2 is 1.88 bits per heavy atom. The van der Waals surface area contributed by atoms with Gasteiger partial charge in [0.05, 0.1) is 33.5 Å². The van der Waals surface area contributed by atoms with E-state index in [2.05, 4.69) is 18.7 Å². The van der Waals surface area contributed by atoms with Crippen molar-refractivity contribution in [3.63, 3.8) is 0 Å². The first-order chi connectivity index (χ1) is 11.5. The molecular weight excluding hydrogens is 306 g/mol. The Bertz CT molecular complexity index is 498. The molecule has 1 saturated heterocycles. The lowest BCUT2D eigenvalue weighted by Crippen LogP contribution is -2.48. The lowest BCUT2D eigenvalue weighted by molar-refractivity contribution is -0.0138. The number of methoxy groups -OCH3 is 2. The Morgan fingerprint density at radius 3 is 2.50 bits per heavy atom. The van der Waals surface area contributed by atoms with Crippen LogP contribution < -0.4 is 9.47 Å². The van der Waals surface area contributed by atoms with Crippen molar-refractivity contribution in [2.75, 3.05) is 27.4 Å². The summed E-state index contributed by atoms with van der Waals surface area (Å²) in [7, 11) is 3.27. The van der Waals surface area contributed by atoms with Crippen LogP contribution in [0.4, 0.5) is 0 Å². The van der Waals surface area contributed by atoms with Crippen LogP contribution in [0.2, 0.25) is 0 Å². The summed E-state index contributed by atoms with van der Waals surface area (Å²) in [6.45, 7) is 5.85. The van der Waals surface area contributed by atoms with E-state index in [0.717, 1.165) is 17.1 Å². The van der Waals surface area contributed by atoms with Gasteiger partial charge in [-0.2, -0.15) is 0 Å². The summed E-state index contributed by atoms with van der Waals surface area (Å²) < 4.78 is 16.3. The maximum atomic E-state index is 10.3. The van der Waals surface area contributed by atoms with Gasteiger partial charge in [-0.05, 0) is 44.9 Å². The molecule has 1 aliphatic heterocycles. The van der Waals surface area contributed by atoms with Gasteiger partial charge in [0.25, 0.3) is 0 Å². The summed E-state index contributed by atoms with van der Waals surface area (Å²) in [6.07, 6.45) is 3.21. The van der Waals surface area contributed by atoms with Crippen molar-refractivity contribution in [1.29, 1.82) is 0 Å². The standard InChI is InChI=1S/C19H31NO4/c1-14-6-5-7-15(2)20(14)11-17(21)13-24-12-16-10-18(22-3)8-9-19(16)23-4/h8-10,14-15,17,21H,5-7,11-13H2,1-4H3. The van der Waals surface area contributed by atoms with Gasteiger partial charge in [0.2, 0.25) is 0 Å². The van der Waals surface area contributed by atoms with E-state index in [1.165, 1.54) is 19.3 Å². The summed E-state index contributed by atoms with van der Waals surface area (Å²) in [5.41, 5.74) is 0.920. The van der Waals surface area contributed by atoms with Crippen LogP contribution in [0.15, 0.2) is 18.2 Å². The number of likely N-dealkylation sites (tertiary alicyclic amines) is 1. The zero-order valence-corrected chi connectivity index (χ0v) is 15.3. The van der Waals surface area contributed by atoms with Crippen molar-refractivity contribution in [3.05, 3.63) is 23.8 Å². The molecule has 1 aliphatic rings. The normalized spacial score (nSPS) is 23.0. The summed E-state index contributed by atoms with van der Waals surface area (Å²) in [5, 5.41) is 10.3. The van der Waals surface area contributed by atoms with Crippen LogP contribution in [0.1, 0.15) is 38.7 Å². The van der Waals surface area contributed by atoms with Crippen LogP contribution >= 0.6 is 0 Å². The lowest BCUT2D eigenvalue weighted by atomic mass is 9.97. The smallest absolute Gasteiger partial charge is 0.124 e. The summed E-state index contributed by atoms with van der Waals surface area (Å²) in [4.78, 5) is 2.39. The highest BCUT2D eigenvalue weighted by atomic mass is 16.5. The molecule has 0 aromatic heterocycles. The fourth-order valence-electron chi connectivity index (χ4n) is 3.43. The van der Waals surface area contributed by atoms with E-state index >= 15 is 0 Å². The minimum absolute atomic E-state index is 0.316. The molecule has 2 rings (SSSR count). The number of rotatable bonds is 8. The third-order valence-corrected chi connectivity index (χ3v) is 4.85. The van der Waals surface area contributed by atoms with Crippen LogP contribution in [0.5, 0.6) is 11.5 Å². The van der Waals surface area contributed by atoms with Crippen molar-refractivity contribution in [2.24, 2.45) is 0 Å². The maximum absolute atomic E-state index is 10.3. The highest BCUT2D eigenvalue weighted by molar-refractivity contribution is 5.39. The molecule has 0 bridgehead atoms. The van der Waals surface area contributed by atoms with Crippen LogP contribution in [-0.2, 0) is 11.3 Å². The predicted molar refractivity (Wildman–Crippen MR) is 94.7 cm³/mol. The van der Waals surface area contributed by atoms with E-state index in [0.29, 0.717) is 31.8 Å². The van der Waals surface area contributed by atoms with Gasteiger partial charge in [0.15, 0.2) is 0 Å². The van der Waals surface area contributed by atoms with Gasteiger partial charge in [-0.15, -0.1) is 0 Å². The topological polar surface area (TPSA) is 51.2 Å². The van der Waals surface area contributed by atoms with Gasteiger partial charge in [-0.25, -0.2) is 0 Å². The first-order valence-electron chi connectivity index (χ1n) is 8.77. The molecule has 1 N–H and O–H groups in total. The number of hydrogen-bond acceptors (Lipinski definition) is 5. The second-order valence-electron chi connectivity index (χ2n) is 6.67. The fourth-order valence-corrected chi connectivity index (χ4v) is 3.43. The molecule has 1 aromatic rings. The third-order valence-electron chi connectivity index (χ3n) is 4.85. The van der Waals surface area contributed by atoms with Crippen LogP contribution in [0, 0.1) is 0 Å². The first-order valence-corrected chi connectivity index (χ1v) is 8.77. The molecule has 5 nitrogen and oxygen atoms in total. The number of piperidine rings is 1. The molecule has 0 spiro atoms. The van der Waals surface area contributed by atoms with Crippen molar-refractivity contribution in [1.82, 2.24) is 4.90 Å². The average molecular weight is 337 g/mol. The predicted octanol–water partition coefficient (Wildman–Crippen LogP) is 2.84. The van der Waals surface area contributed by atoms with Gasteiger partial charge < -0.3 is 19.3 Å². The highest BCUT2D eigenvalue weighted by Crippen LogP contribution is 2.25. The monoisotopic (exact) mass is 337 g/mol. The van der Waals surface area contributed by atoms with E-state index in [4.69, 9.17) is 14.2 Å². The molecule has 136 valence electrons. The number of nitrogens with zero attached hydrogens (tertiary/aromatic N) is 1. The van der Waals surface area contributed by atoms with Crippen LogP contribution in [0.3, 0.4) is 0 Å². The Morgan fingerprint density at radius 1 is 1.17 bits per heavy atom. The largest absolute Gasteiger partial charge is 0.497 e. The highest BCUT2D eigenvalue weighted by Gasteiger charge is 2.26. The summed E-state index contributed by atoms with van der Waals surface area (Å²) in [5.74, 6) is 1.54. The van der Waals surface area contributed by atoms with Gasteiger partial charge in [0, 0.05) is 24.2 Å².